The molecule has 0 aliphatic rings. The lowest BCUT2D eigenvalue weighted by Gasteiger charge is -2.19. The molecule has 0 aliphatic heterocycles. The van der Waals surface area contributed by atoms with Crippen molar-refractivity contribution >= 4 is 22.7 Å². The number of rotatable bonds is 8. The molecule has 0 bridgehead atoms. The molecule has 1 atom stereocenters. The van der Waals surface area contributed by atoms with E-state index < -0.39 is 0 Å². The second-order valence-electron chi connectivity index (χ2n) is 6.40. The highest BCUT2D eigenvalue weighted by Crippen LogP contribution is 2.21. The molecule has 3 rings (SSSR count). The van der Waals surface area contributed by atoms with Crippen molar-refractivity contribution in [2.75, 3.05) is 26.1 Å². The van der Waals surface area contributed by atoms with E-state index >= 15 is 0 Å². The van der Waals surface area contributed by atoms with Crippen molar-refractivity contribution in [3.63, 3.8) is 0 Å². The van der Waals surface area contributed by atoms with E-state index in [1.807, 2.05) is 62.4 Å². The summed E-state index contributed by atoms with van der Waals surface area (Å²) in [4.78, 5) is 17.7. The van der Waals surface area contributed by atoms with Gasteiger partial charge in [0.05, 0.1) is 30.2 Å². The first-order valence-corrected chi connectivity index (χ1v) is 9.91. The Bertz CT molecular complexity index is 954. The maximum Gasteiger partial charge on any atom is 0.262 e. The summed E-state index contributed by atoms with van der Waals surface area (Å²) in [6.45, 7) is 5.00. The van der Waals surface area contributed by atoms with Crippen LogP contribution in [0.2, 0.25) is 0 Å². The van der Waals surface area contributed by atoms with Crippen LogP contribution in [0.1, 0.15) is 18.5 Å². The molecule has 0 radical (unpaired) electrons. The van der Waals surface area contributed by atoms with Gasteiger partial charge in [0.15, 0.2) is 5.16 Å². The molecule has 6 heteroatoms. The van der Waals surface area contributed by atoms with Gasteiger partial charge in [0.1, 0.15) is 5.75 Å². The molecule has 0 aliphatic carbocycles. The Labute approximate surface area is 163 Å². The zero-order chi connectivity index (χ0) is 19.2. The van der Waals surface area contributed by atoms with E-state index in [0.29, 0.717) is 35.0 Å². The first-order valence-electron chi connectivity index (χ1n) is 8.92. The fraction of sp³-hybridized carbons (Fsp3) is 0.333. The molecule has 0 saturated heterocycles. The van der Waals surface area contributed by atoms with Gasteiger partial charge in [-0.25, -0.2) is 4.98 Å². The third kappa shape index (κ3) is 4.70. The summed E-state index contributed by atoms with van der Waals surface area (Å²) in [6.07, 6.45) is 0. The number of fused-ring (bicyclic) bond motifs is 1. The monoisotopic (exact) mass is 384 g/mol. The van der Waals surface area contributed by atoms with Crippen molar-refractivity contribution in [2.45, 2.75) is 25.0 Å². The van der Waals surface area contributed by atoms with E-state index in [9.17, 15) is 4.79 Å². The number of aromatic nitrogens is 2. The van der Waals surface area contributed by atoms with Crippen molar-refractivity contribution in [1.82, 2.24) is 9.55 Å². The molecule has 0 amide bonds. The summed E-state index contributed by atoms with van der Waals surface area (Å²) in [7, 11) is 1.64. The van der Waals surface area contributed by atoms with Crippen molar-refractivity contribution in [3.05, 3.63) is 64.4 Å². The van der Waals surface area contributed by atoms with Crippen LogP contribution in [0.5, 0.6) is 5.75 Å². The molecule has 27 heavy (non-hydrogen) atoms. The highest BCUT2D eigenvalue weighted by atomic mass is 32.2. The number of methoxy groups -OCH3 is 1. The first-order chi connectivity index (χ1) is 13.1. The van der Waals surface area contributed by atoms with Crippen LogP contribution in [0, 0.1) is 6.92 Å². The number of benzene rings is 2. The molecule has 0 N–H and O–H groups in total. The van der Waals surface area contributed by atoms with Crippen LogP contribution in [0.3, 0.4) is 0 Å². The molecule has 0 saturated carbocycles. The summed E-state index contributed by atoms with van der Waals surface area (Å²) in [6, 6.07) is 15.3. The van der Waals surface area contributed by atoms with Gasteiger partial charge in [-0.2, -0.15) is 0 Å². The zero-order valence-electron chi connectivity index (χ0n) is 15.8. The molecule has 1 heterocycles. The van der Waals surface area contributed by atoms with Gasteiger partial charge in [-0.1, -0.05) is 41.6 Å². The van der Waals surface area contributed by atoms with Gasteiger partial charge in [-0.05, 0) is 38.1 Å². The molecule has 2 aromatic carbocycles. The summed E-state index contributed by atoms with van der Waals surface area (Å²) < 4.78 is 12.8. The highest BCUT2D eigenvalue weighted by molar-refractivity contribution is 7.99. The number of thioether (sulfide) groups is 1. The minimum absolute atomic E-state index is 0.0351. The van der Waals surface area contributed by atoms with Crippen molar-refractivity contribution in [3.8, 4) is 5.75 Å². The van der Waals surface area contributed by atoms with Gasteiger partial charge < -0.3 is 9.47 Å². The molecule has 1 unspecified atom stereocenters. The Morgan fingerprint density at radius 3 is 2.63 bits per heavy atom. The van der Waals surface area contributed by atoms with Crippen LogP contribution in [-0.2, 0) is 4.74 Å². The Balaban J connectivity index is 1.78. The average Bonchev–Trinajstić information content (AvgIpc) is 2.67. The second kappa shape index (κ2) is 9.06. The van der Waals surface area contributed by atoms with E-state index in [4.69, 9.17) is 14.5 Å². The molecule has 3 aromatic rings. The largest absolute Gasteiger partial charge is 0.493 e. The van der Waals surface area contributed by atoms with Gasteiger partial charge in [-0.15, -0.1) is 0 Å². The fourth-order valence-corrected chi connectivity index (χ4v) is 3.77. The number of aryl methyl sites for hydroxylation is 1. The average molecular weight is 385 g/mol. The van der Waals surface area contributed by atoms with Crippen LogP contribution < -0.4 is 10.3 Å². The summed E-state index contributed by atoms with van der Waals surface area (Å²) in [5, 5.41) is 1.32. The van der Waals surface area contributed by atoms with Gasteiger partial charge in [0.25, 0.3) is 5.56 Å². The van der Waals surface area contributed by atoms with Gasteiger partial charge in [-0.3, -0.25) is 9.36 Å². The second-order valence-corrected chi connectivity index (χ2v) is 7.46. The number of ether oxygens (including phenoxy) is 2. The lowest BCUT2D eigenvalue weighted by Crippen LogP contribution is -2.28. The number of para-hydroxylation sites is 1. The molecule has 5 nitrogen and oxygen atoms in total. The molecule has 0 fully saturated rings. The van der Waals surface area contributed by atoms with Crippen LogP contribution in [-0.4, -0.2) is 35.6 Å². The predicted octanol–water partition coefficient (Wildman–Crippen LogP) is 4.08. The van der Waals surface area contributed by atoms with E-state index in [2.05, 4.69) is 0 Å². The van der Waals surface area contributed by atoms with E-state index in [1.165, 1.54) is 17.3 Å². The van der Waals surface area contributed by atoms with E-state index in [1.54, 1.807) is 11.7 Å². The number of hydrogen-bond acceptors (Lipinski definition) is 5. The Kier molecular flexibility index (Phi) is 6.53. The highest BCUT2D eigenvalue weighted by Gasteiger charge is 2.16. The van der Waals surface area contributed by atoms with E-state index in [-0.39, 0.29) is 11.6 Å². The Hall–Kier alpha value is -2.31. The van der Waals surface area contributed by atoms with Crippen LogP contribution >= 0.6 is 11.8 Å². The lowest BCUT2D eigenvalue weighted by atomic mass is 10.2. The van der Waals surface area contributed by atoms with Crippen molar-refractivity contribution < 1.29 is 9.47 Å². The minimum Gasteiger partial charge on any atom is -0.493 e. The van der Waals surface area contributed by atoms with Crippen molar-refractivity contribution in [1.29, 1.82) is 0 Å². The topological polar surface area (TPSA) is 53.4 Å². The number of nitrogens with zero attached hydrogens (tertiary/aromatic N) is 2. The zero-order valence-corrected chi connectivity index (χ0v) is 16.7. The quantitative estimate of drug-likeness (QED) is 0.333. The fourth-order valence-electron chi connectivity index (χ4n) is 2.86. The van der Waals surface area contributed by atoms with Crippen LogP contribution in [0.4, 0.5) is 0 Å². The molecular formula is C21H24N2O3S. The summed E-state index contributed by atoms with van der Waals surface area (Å²) in [5.74, 6) is 1.54. The maximum atomic E-state index is 13.0. The van der Waals surface area contributed by atoms with Crippen molar-refractivity contribution in [2.24, 2.45) is 0 Å². The summed E-state index contributed by atoms with van der Waals surface area (Å²) >= 11 is 1.52. The molecule has 1 aromatic heterocycles. The standard InChI is InChI=1S/C21H24N2O3S/c1-15-8-10-17(11-9-15)26-12-13-27-21-22-19-7-5-4-6-18(19)20(24)23(21)16(2)14-25-3/h4-11,16H,12-14H2,1-3H3. The Morgan fingerprint density at radius 1 is 1.15 bits per heavy atom. The van der Waals surface area contributed by atoms with Crippen LogP contribution in [0.25, 0.3) is 10.9 Å². The maximum absolute atomic E-state index is 13.0. The molecule has 142 valence electrons. The summed E-state index contributed by atoms with van der Waals surface area (Å²) in [5.41, 5.74) is 1.88. The SMILES string of the molecule is COCC(C)n1c(SCCOc2ccc(C)cc2)nc2ccccc2c1=O. The first kappa shape index (κ1) is 19.5. The minimum atomic E-state index is -0.0971. The van der Waals surface area contributed by atoms with Gasteiger partial charge in [0, 0.05) is 12.9 Å². The third-order valence-electron chi connectivity index (χ3n) is 4.23. The lowest BCUT2D eigenvalue weighted by molar-refractivity contribution is 0.156. The Morgan fingerprint density at radius 2 is 1.89 bits per heavy atom. The smallest absolute Gasteiger partial charge is 0.262 e. The van der Waals surface area contributed by atoms with E-state index in [0.717, 1.165) is 5.75 Å². The molecule has 0 spiro atoms. The van der Waals surface area contributed by atoms with Crippen LogP contribution in [0.15, 0.2) is 58.5 Å². The third-order valence-corrected chi connectivity index (χ3v) is 5.15. The predicted molar refractivity (Wildman–Crippen MR) is 110 cm³/mol. The van der Waals surface area contributed by atoms with Gasteiger partial charge in [0.2, 0.25) is 0 Å². The molecular weight excluding hydrogens is 360 g/mol. The number of hydrogen-bond donors (Lipinski definition) is 0. The van der Waals surface area contributed by atoms with Gasteiger partial charge >= 0.3 is 0 Å². The normalized spacial score (nSPS) is 12.3.